The number of hydrogen-bond donors (Lipinski definition) is 2. The van der Waals surface area contributed by atoms with Gasteiger partial charge in [-0.15, -0.1) is 0 Å². The predicted molar refractivity (Wildman–Crippen MR) is 86.4 cm³/mol. The van der Waals surface area contributed by atoms with E-state index in [-0.39, 0.29) is 5.82 Å². The maximum Gasteiger partial charge on any atom is 0.191 e. The Kier molecular flexibility index (Phi) is 5.94. The smallest absolute Gasteiger partial charge is 0.191 e. The summed E-state index contributed by atoms with van der Waals surface area (Å²) in [4.78, 5) is 8.18. The third kappa shape index (κ3) is 4.87. The molecule has 0 aliphatic heterocycles. The van der Waals surface area contributed by atoms with Gasteiger partial charge in [0.2, 0.25) is 0 Å². The van der Waals surface area contributed by atoms with E-state index in [1.54, 1.807) is 25.6 Å². The van der Waals surface area contributed by atoms with Crippen molar-refractivity contribution in [2.45, 2.75) is 19.9 Å². The van der Waals surface area contributed by atoms with Crippen molar-refractivity contribution in [3.8, 4) is 0 Å². The minimum Gasteiger partial charge on any atom is -0.356 e. The largest absolute Gasteiger partial charge is 0.356 e. The van der Waals surface area contributed by atoms with Crippen LogP contribution >= 0.6 is 0 Å². The molecule has 0 fully saturated rings. The van der Waals surface area contributed by atoms with Crippen LogP contribution in [0.5, 0.6) is 0 Å². The van der Waals surface area contributed by atoms with Crippen molar-refractivity contribution >= 4 is 5.96 Å². The van der Waals surface area contributed by atoms with Crippen molar-refractivity contribution in [1.29, 1.82) is 0 Å². The Morgan fingerprint density at radius 1 is 1.32 bits per heavy atom. The minimum absolute atomic E-state index is 0.189. The van der Waals surface area contributed by atoms with Crippen LogP contribution in [0.1, 0.15) is 11.1 Å². The lowest BCUT2D eigenvalue weighted by Gasteiger charge is -2.13. The molecule has 1 heterocycles. The lowest BCUT2D eigenvalue weighted by atomic mass is 10.1. The van der Waals surface area contributed by atoms with Crippen LogP contribution in [-0.2, 0) is 13.0 Å². The molecule has 1 aromatic heterocycles. The third-order valence-corrected chi connectivity index (χ3v) is 3.44. The molecule has 0 saturated heterocycles. The Morgan fingerprint density at radius 2 is 2.14 bits per heavy atom. The number of aryl methyl sites for hydroxylation is 1. The monoisotopic (exact) mass is 303 g/mol. The summed E-state index contributed by atoms with van der Waals surface area (Å²) in [7, 11) is 1.75. The summed E-state index contributed by atoms with van der Waals surface area (Å²) in [6, 6.07) is 4.90. The average Bonchev–Trinajstić information content (AvgIpc) is 3.01. The summed E-state index contributed by atoms with van der Waals surface area (Å²) in [6.07, 6.45) is 6.30. The number of guanidine groups is 1. The fourth-order valence-electron chi connectivity index (χ4n) is 2.20. The molecule has 0 spiro atoms. The zero-order chi connectivity index (χ0) is 15.8. The van der Waals surface area contributed by atoms with E-state index in [0.717, 1.165) is 43.1 Å². The number of halogens is 1. The van der Waals surface area contributed by atoms with Gasteiger partial charge in [0, 0.05) is 39.1 Å². The van der Waals surface area contributed by atoms with E-state index in [4.69, 9.17) is 0 Å². The average molecular weight is 303 g/mol. The molecular weight excluding hydrogens is 281 g/mol. The number of benzene rings is 1. The van der Waals surface area contributed by atoms with Gasteiger partial charge in [-0.3, -0.25) is 4.99 Å². The summed E-state index contributed by atoms with van der Waals surface area (Å²) in [5.74, 6) is 0.575. The van der Waals surface area contributed by atoms with Gasteiger partial charge in [-0.05, 0) is 36.6 Å². The van der Waals surface area contributed by atoms with Gasteiger partial charge in [0.05, 0.1) is 6.33 Å². The predicted octanol–water partition coefficient (Wildman–Crippen LogP) is 1.74. The minimum atomic E-state index is -0.189. The van der Waals surface area contributed by atoms with E-state index in [1.807, 2.05) is 23.8 Å². The SMILES string of the molecule is CN=C(NCCc1ccc(F)cc1C)NCCn1ccnc1. The standard InChI is InChI=1S/C16H22FN5/c1-13-11-15(17)4-3-14(13)5-6-20-16(18-2)21-8-10-22-9-7-19-12-22/h3-4,7,9,11-12H,5-6,8,10H2,1-2H3,(H2,18,20,21). The first-order valence-corrected chi connectivity index (χ1v) is 7.34. The van der Waals surface area contributed by atoms with Gasteiger partial charge in [-0.2, -0.15) is 0 Å². The number of aromatic nitrogens is 2. The van der Waals surface area contributed by atoms with E-state index in [9.17, 15) is 4.39 Å². The molecule has 22 heavy (non-hydrogen) atoms. The van der Waals surface area contributed by atoms with E-state index < -0.39 is 0 Å². The summed E-state index contributed by atoms with van der Waals surface area (Å²) < 4.78 is 15.1. The highest BCUT2D eigenvalue weighted by atomic mass is 19.1. The second-order valence-electron chi connectivity index (χ2n) is 5.05. The van der Waals surface area contributed by atoms with Crippen LogP contribution in [0.15, 0.2) is 41.9 Å². The number of hydrogen-bond acceptors (Lipinski definition) is 2. The number of rotatable bonds is 6. The van der Waals surface area contributed by atoms with Crippen LogP contribution in [0.25, 0.3) is 0 Å². The molecule has 0 saturated carbocycles. The van der Waals surface area contributed by atoms with Crippen LogP contribution in [-0.4, -0.2) is 35.6 Å². The van der Waals surface area contributed by atoms with Gasteiger partial charge >= 0.3 is 0 Å². The van der Waals surface area contributed by atoms with Crippen molar-refractivity contribution in [3.63, 3.8) is 0 Å². The molecule has 0 atom stereocenters. The van der Waals surface area contributed by atoms with Crippen molar-refractivity contribution in [1.82, 2.24) is 20.2 Å². The van der Waals surface area contributed by atoms with Gasteiger partial charge in [0.1, 0.15) is 5.82 Å². The Hall–Kier alpha value is -2.37. The molecule has 0 aliphatic carbocycles. The zero-order valence-electron chi connectivity index (χ0n) is 13.0. The van der Waals surface area contributed by atoms with Crippen LogP contribution in [0.4, 0.5) is 4.39 Å². The highest BCUT2D eigenvalue weighted by molar-refractivity contribution is 5.79. The van der Waals surface area contributed by atoms with E-state index in [1.165, 1.54) is 6.07 Å². The first kappa shape index (κ1) is 16.0. The first-order valence-electron chi connectivity index (χ1n) is 7.34. The highest BCUT2D eigenvalue weighted by Crippen LogP contribution is 2.10. The zero-order valence-corrected chi connectivity index (χ0v) is 13.0. The molecule has 6 heteroatoms. The third-order valence-electron chi connectivity index (χ3n) is 3.44. The van der Waals surface area contributed by atoms with Crippen molar-refractivity contribution in [2.75, 3.05) is 20.1 Å². The molecule has 0 bridgehead atoms. The van der Waals surface area contributed by atoms with E-state index >= 15 is 0 Å². The quantitative estimate of drug-likeness (QED) is 0.631. The summed E-state index contributed by atoms with van der Waals surface area (Å²) in [5.41, 5.74) is 2.12. The highest BCUT2D eigenvalue weighted by Gasteiger charge is 2.01. The Labute approximate surface area is 130 Å². The van der Waals surface area contributed by atoms with E-state index in [2.05, 4.69) is 20.6 Å². The van der Waals surface area contributed by atoms with Crippen molar-refractivity contribution in [3.05, 3.63) is 53.9 Å². The fraction of sp³-hybridized carbons (Fsp3) is 0.375. The molecule has 0 amide bonds. The van der Waals surface area contributed by atoms with Crippen molar-refractivity contribution < 1.29 is 4.39 Å². The maximum atomic E-state index is 13.1. The van der Waals surface area contributed by atoms with Gasteiger partial charge in [0.25, 0.3) is 0 Å². The molecule has 0 radical (unpaired) electrons. The van der Waals surface area contributed by atoms with Crippen LogP contribution in [0, 0.1) is 12.7 Å². The second-order valence-corrected chi connectivity index (χ2v) is 5.05. The number of nitrogens with one attached hydrogen (secondary N) is 2. The van der Waals surface area contributed by atoms with Gasteiger partial charge in [0.15, 0.2) is 5.96 Å². The molecule has 0 unspecified atom stereocenters. The Morgan fingerprint density at radius 3 is 2.82 bits per heavy atom. The molecule has 118 valence electrons. The molecule has 2 rings (SSSR count). The van der Waals surface area contributed by atoms with Crippen LogP contribution in [0.2, 0.25) is 0 Å². The Balaban J connectivity index is 1.72. The second kappa shape index (κ2) is 8.17. The first-order chi connectivity index (χ1) is 10.7. The normalized spacial score (nSPS) is 11.5. The number of aliphatic imine (C=N–C) groups is 1. The van der Waals surface area contributed by atoms with Crippen LogP contribution < -0.4 is 10.6 Å². The lowest BCUT2D eigenvalue weighted by molar-refractivity contribution is 0.625. The van der Waals surface area contributed by atoms with Crippen molar-refractivity contribution in [2.24, 2.45) is 4.99 Å². The summed E-state index contributed by atoms with van der Waals surface area (Å²) >= 11 is 0. The maximum absolute atomic E-state index is 13.1. The molecule has 2 N–H and O–H groups in total. The molecule has 1 aromatic carbocycles. The Bertz CT molecular complexity index is 607. The molecule has 0 aliphatic rings. The fourth-order valence-corrected chi connectivity index (χ4v) is 2.20. The number of imidazole rings is 1. The van der Waals surface area contributed by atoms with Gasteiger partial charge < -0.3 is 15.2 Å². The summed E-state index contributed by atoms with van der Waals surface area (Å²) in [6.45, 7) is 4.28. The lowest BCUT2D eigenvalue weighted by Crippen LogP contribution is -2.39. The van der Waals surface area contributed by atoms with Gasteiger partial charge in [-0.25, -0.2) is 9.37 Å². The number of nitrogens with zero attached hydrogens (tertiary/aromatic N) is 3. The molecule has 2 aromatic rings. The summed E-state index contributed by atoms with van der Waals surface area (Å²) in [5, 5.41) is 6.51. The van der Waals surface area contributed by atoms with Gasteiger partial charge in [-0.1, -0.05) is 6.07 Å². The molecular formula is C16H22FN5. The topological polar surface area (TPSA) is 54.2 Å². The van der Waals surface area contributed by atoms with Crippen LogP contribution in [0.3, 0.4) is 0 Å². The molecule has 5 nitrogen and oxygen atoms in total. The van der Waals surface area contributed by atoms with E-state index in [0.29, 0.717) is 0 Å².